The first-order valence-corrected chi connectivity index (χ1v) is 8.22. The van der Waals surface area contributed by atoms with Gasteiger partial charge in [0.25, 0.3) is 0 Å². The molecule has 1 amide bonds. The quantitative estimate of drug-likeness (QED) is 0.913. The largest absolute Gasteiger partial charge is 0.372 e. The van der Waals surface area contributed by atoms with Crippen LogP contribution in [-0.2, 0) is 9.53 Å². The molecule has 1 aliphatic rings. The van der Waals surface area contributed by atoms with Crippen molar-refractivity contribution in [2.75, 3.05) is 25.1 Å². The van der Waals surface area contributed by atoms with Gasteiger partial charge in [0.2, 0.25) is 5.91 Å². The van der Waals surface area contributed by atoms with Gasteiger partial charge in [-0.25, -0.2) is 15.0 Å². The first kappa shape index (κ1) is 16.6. The molecule has 1 N–H and O–H groups in total. The van der Waals surface area contributed by atoms with Gasteiger partial charge in [0.1, 0.15) is 11.6 Å². The molecule has 0 aliphatic carbocycles. The normalized spacial score (nSPS) is 22.4. The molecule has 1 unspecified atom stereocenters. The molecule has 24 heavy (non-hydrogen) atoms. The Morgan fingerprint density at radius 3 is 2.83 bits per heavy atom. The second-order valence-electron chi connectivity index (χ2n) is 6.39. The zero-order chi connectivity index (χ0) is 17.1. The topological polar surface area (TPSA) is 80.2 Å². The highest BCUT2D eigenvalue weighted by Crippen LogP contribution is 2.27. The summed E-state index contributed by atoms with van der Waals surface area (Å²) in [5.74, 6) is 0.387. The number of rotatable bonds is 4. The van der Waals surface area contributed by atoms with Gasteiger partial charge in [0.15, 0.2) is 5.65 Å². The van der Waals surface area contributed by atoms with Crippen molar-refractivity contribution < 1.29 is 9.53 Å². The van der Waals surface area contributed by atoms with E-state index in [0.717, 1.165) is 30.7 Å². The van der Waals surface area contributed by atoms with Gasteiger partial charge in [-0.15, -0.1) is 0 Å². The number of amides is 1. The third-order valence-electron chi connectivity index (χ3n) is 4.42. The van der Waals surface area contributed by atoms with E-state index in [0.29, 0.717) is 11.6 Å². The highest BCUT2D eigenvalue weighted by molar-refractivity contribution is 5.85. The van der Waals surface area contributed by atoms with Crippen LogP contribution in [0.4, 0.5) is 5.69 Å². The lowest BCUT2D eigenvalue weighted by molar-refractivity contribution is -0.130. The van der Waals surface area contributed by atoms with Crippen molar-refractivity contribution >= 4 is 22.8 Å². The second kappa shape index (κ2) is 7.09. The number of methoxy groups -OCH3 is 1. The highest BCUT2D eigenvalue weighted by atomic mass is 16.5. The number of pyridine rings is 1. The maximum atomic E-state index is 12.1. The van der Waals surface area contributed by atoms with Crippen LogP contribution in [-0.4, -0.2) is 53.2 Å². The van der Waals surface area contributed by atoms with E-state index in [1.165, 1.54) is 0 Å². The van der Waals surface area contributed by atoms with Crippen LogP contribution in [0, 0.1) is 5.92 Å². The van der Waals surface area contributed by atoms with Crippen molar-refractivity contribution in [1.82, 2.24) is 20.3 Å². The Morgan fingerprint density at radius 1 is 1.29 bits per heavy atom. The van der Waals surface area contributed by atoms with Gasteiger partial charge < -0.3 is 15.0 Å². The Labute approximate surface area is 141 Å². The van der Waals surface area contributed by atoms with Crippen LogP contribution in [0.15, 0.2) is 24.7 Å². The lowest BCUT2D eigenvalue weighted by Gasteiger charge is -2.38. The van der Waals surface area contributed by atoms with Gasteiger partial charge in [-0.05, 0) is 25.3 Å². The third-order valence-corrected chi connectivity index (χ3v) is 4.42. The molecule has 0 aromatic carbocycles. The molecule has 2 aromatic heterocycles. The molecule has 7 nitrogen and oxygen atoms in total. The Balaban J connectivity index is 1.81. The van der Waals surface area contributed by atoms with E-state index in [1.54, 1.807) is 32.6 Å². The number of hydrogen-bond acceptors (Lipinski definition) is 6. The van der Waals surface area contributed by atoms with Gasteiger partial charge in [-0.1, -0.05) is 6.92 Å². The van der Waals surface area contributed by atoms with Gasteiger partial charge in [-0.2, -0.15) is 0 Å². The maximum absolute atomic E-state index is 12.1. The van der Waals surface area contributed by atoms with E-state index in [1.807, 2.05) is 6.07 Å². The summed E-state index contributed by atoms with van der Waals surface area (Å²) in [6, 6.07) is 2.05. The van der Waals surface area contributed by atoms with Crippen LogP contribution in [0.1, 0.15) is 20.3 Å². The van der Waals surface area contributed by atoms with Crippen LogP contribution >= 0.6 is 0 Å². The van der Waals surface area contributed by atoms with E-state index in [-0.39, 0.29) is 11.9 Å². The van der Waals surface area contributed by atoms with E-state index in [9.17, 15) is 4.79 Å². The Morgan fingerprint density at radius 2 is 2.04 bits per heavy atom. The maximum Gasteiger partial charge on any atom is 0.249 e. The number of aromatic nitrogens is 3. The molecule has 7 heteroatoms. The fourth-order valence-corrected chi connectivity index (χ4v) is 3.20. The zero-order valence-corrected chi connectivity index (χ0v) is 14.3. The monoisotopic (exact) mass is 329 g/mol. The fraction of sp³-hybridized carbons (Fsp3) is 0.529. The molecular formula is C17H23N5O2. The summed E-state index contributed by atoms with van der Waals surface area (Å²) in [5, 5.41) is 3.09. The lowest BCUT2D eigenvalue weighted by atomic mass is 9.95. The summed E-state index contributed by atoms with van der Waals surface area (Å²) in [6.45, 7) is 5.61. The number of carbonyl (C=O) groups excluding carboxylic acids is 1. The third kappa shape index (κ3) is 3.46. The number of hydrogen-bond donors (Lipinski definition) is 1. The summed E-state index contributed by atoms with van der Waals surface area (Å²) >= 11 is 0. The zero-order valence-electron chi connectivity index (χ0n) is 14.3. The van der Waals surface area contributed by atoms with Crippen LogP contribution in [0.5, 0.6) is 0 Å². The fourth-order valence-electron chi connectivity index (χ4n) is 3.20. The summed E-state index contributed by atoms with van der Waals surface area (Å²) in [4.78, 5) is 27.4. The average Bonchev–Trinajstić information content (AvgIpc) is 2.60. The number of anilines is 1. The molecule has 3 heterocycles. The number of nitrogens with zero attached hydrogens (tertiary/aromatic N) is 4. The van der Waals surface area contributed by atoms with Crippen molar-refractivity contribution in [3.05, 3.63) is 24.7 Å². The van der Waals surface area contributed by atoms with Crippen molar-refractivity contribution in [1.29, 1.82) is 0 Å². The van der Waals surface area contributed by atoms with Crippen molar-refractivity contribution in [3.8, 4) is 0 Å². The Bertz CT molecular complexity index is 718. The number of nitrogens with one attached hydrogen (secondary N) is 1. The van der Waals surface area contributed by atoms with Gasteiger partial charge in [0, 0.05) is 44.8 Å². The van der Waals surface area contributed by atoms with Crippen LogP contribution in [0.2, 0.25) is 0 Å². The van der Waals surface area contributed by atoms with E-state index in [2.05, 4.69) is 32.1 Å². The molecule has 0 spiro atoms. The molecule has 3 atom stereocenters. The number of carbonyl (C=O) groups is 1. The summed E-state index contributed by atoms with van der Waals surface area (Å²) in [6.07, 6.45) is 5.59. The SMILES string of the molecule is COC(C)C(=O)N[C@@H]1C[C@H](C)CN(c2ccnc3nccnc23)C1. The molecule has 1 fully saturated rings. The van der Waals surface area contributed by atoms with Crippen molar-refractivity contribution in [2.45, 2.75) is 32.4 Å². The van der Waals surface area contributed by atoms with Crippen LogP contribution < -0.4 is 10.2 Å². The minimum absolute atomic E-state index is 0.0732. The van der Waals surface area contributed by atoms with E-state index in [4.69, 9.17) is 4.74 Å². The standard InChI is InChI=1S/C17H23N5O2/c1-11-8-13(21-17(23)12(2)24-3)10-22(9-11)14-4-5-19-16-15(14)18-6-7-20-16/h4-7,11-13H,8-10H2,1-3H3,(H,21,23)/t11-,12?,13+/m0/s1. The summed E-state index contributed by atoms with van der Waals surface area (Å²) in [5.41, 5.74) is 2.45. The van der Waals surface area contributed by atoms with Gasteiger partial charge in [0.05, 0.1) is 5.69 Å². The smallest absolute Gasteiger partial charge is 0.249 e. The predicted octanol–water partition coefficient (Wildman–Crippen LogP) is 1.39. The van der Waals surface area contributed by atoms with Gasteiger partial charge in [-0.3, -0.25) is 4.79 Å². The molecule has 0 bridgehead atoms. The highest BCUT2D eigenvalue weighted by Gasteiger charge is 2.28. The molecule has 0 radical (unpaired) electrons. The molecular weight excluding hydrogens is 306 g/mol. The molecule has 3 rings (SSSR count). The van der Waals surface area contributed by atoms with Crippen molar-refractivity contribution in [2.24, 2.45) is 5.92 Å². The number of ether oxygens (including phenoxy) is 1. The van der Waals surface area contributed by atoms with E-state index >= 15 is 0 Å². The molecule has 128 valence electrons. The molecule has 1 aliphatic heterocycles. The number of fused-ring (bicyclic) bond motifs is 1. The lowest BCUT2D eigenvalue weighted by Crippen LogP contribution is -2.52. The molecule has 2 aromatic rings. The van der Waals surface area contributed by atoms with Crippen LogP contribution in [0.25, 0.3) is 11.2 Å². The summed E-state index contributed by atoms with van der Waals surface area (Å²) < 4.78 is 5.10. The second-order valence-corrected chi connectivity index (χ2v) is 6.39. The minimum atomic E-state index is -0.441. The van der Waals surface area contributed by atoms with Crippen LogP contribution in [0.3, 0.4) is 0 Å². The molecule has 1 saturated heterocycles. The minimum Gasteiger partial charge on any atom is -0.372 e. The Hall–Kier alpha value is -2.28. The van der Waals surface area contributed by atoms with Gasteiger partial charge >= 0.3 is 0 Å². The summed E-state index contributed by atoms with van der Waals surface area (Å²) in [7, 11) is 1.54. The van der Waals surface area contributed by atoms with Crippen molar-refractivity contribution in [3.63, 3.8) is 0 Å². The average molecular weight is 329 g/mol. The molecule has 0 saturated carbocycles. The first-order valence-electron chi connectivity index (χ1n) is 8.22. The number of piperidine rings is 1. The van der Waals surface area contributed by atoms with E-state index < -0.39 is 6.10 Å². The predicted molar refractivity (Wildman–Crippen MR) is 91.7 cm³/mol. The first-order chi connectivity index (χ1) is 11.6. The Kier molecular flexibility index (Phi) is 4.89.